The van der Waals surface area contributed by atoms with Crippen LogP contribution < -0.4 is 0 Å². The quantitative estimate of drug-likeness (QED) is 0.772. The second kappa shape index (κ2) is 3.61. The van der Waals surface area contributed by atoms with Gasteiger partial charge in [0.15, 0.2) is 0 Å². The first-order valence-electron chi connectivity index (χ1n) is 7.60. The van der Waals surface area contributed by atoms with Crippen LogP contribution in [0.4, 0.5) is 0 Å². The van der Waals surface area contributed by atoms with E-state index in [0.717, 1.165) is 17.8 Å². The standard InChI is InChI=1S/C16H22O2/c17-15(18)6-14(13-1-2-13)16-7-10-3-11(8-16)5-12(4-10)9-16/h6,10-13H,1-5,7-9H2,(H,17,18)/b14-6+. The average Bonchev–Trinajstić information content (AvgIpc) is 3.07. The fraction of sp³-hybridized carbons (Fsp3) is 0.812. The van der Waals surface area contributed by atoms with Crippen LogP contribution in [-0.2, 0) is 4.79 Å². The topological polar surface area (TPSA) is 37.3 Å². The second-order valence-corrected chi connectivity index (χ2v) is 7.41. The van der Waals surface area contributed by atoms with Crippen molar-refractivity contribution in [2.24, 2.45) is 29.1 Å². The molecule has 0 heterocycles. The van der Waals surface area contributed by atoms with E-state index in [1.54, 1.807) is 6.08 Å². The normalized spacial score (nSPS) is 46.4. The van der Waals surface area contributed by atoms with Crippen LogP contribution in [0.1, 0.15) is 51.4 Å². The molecule has 5 aliphatic carbocycles. The van der Waals surface area contributed by atoms with E-state index in [1.165, 1.54) is 56.9 Å². The lowest BCUT2D eigenvalue weighted by atomic mass is 9.47. The fourth-order valence-corrected chi connectivity index (χ4v) is 5.70. The largest absolute Gasteiger partial charge is 0.478 e. The summed E-state index contributed by atoms with van der Waals surface area (Å²) in [4.78, 5) is 11.2. The molecular weight excluding hydrogens is 224 g/mol. The Labute approximate surface area is 108 Å². The molecule has 5 saturated carbocycles. The zero-order valence-corrected chi connectivity index (χ0v) is 10.9. The maximum absolute atomic E-state index is 11.2. The Hall–Kier alpha value is -0.790. The molecule has 0 aromatic rings. The van der Waals surface area contributed by atoms with E-state index < -0.39 is 5.97 Å². The summed E-state index contributed by atoms with van der Waals surface area (Å²) >= 11 is 0. The highest BCUT2D eigenvalue weighted by Gasteiger charge is 2.54. The molecule has 0 aromatic heterocycles. The van der Waals surface area contributed by atoms with Gasteiger partial charge in [-0.2, -0.15) is 0 Å². The molecule has 18 heavy (non-hydrogen) atoms. The molecule has 2 nitrogen and oxygen atoms in total. The molecular formula is C16H22O2. The Bertz CT molecular complexity index is 382. The fourth-order valence-electron chi connectivity index (χ4n) is 5.70. The number of hydrogen-bond acceptors (Lipinski definition) is 1. The van der Waals surface area contributed by atoms with E-state index in [0.29, 0.717) is 11.3 Å². The summed E-state index contributed by atoms with van der Waals surface area (Å²) in [6.07, 6.45) is 12.3. The van der Waals surface area contributed by atoms with E-state index in [1.807, 2.05) is 0 Å². The molecule has 4 bridgehead atoms. The monoisotopic (exact) mass is 246 g/mol. The molecule has 0 atom stereocenters. The Morgan fingerprint density at radius 3 is 1.89 bits per heavy atom. The number of carboxylic acids is 1. The van der Waals surface area contributed by atoms with E-state index in [-0.39, 0.29) is 0 Å². The van der Waals surface area contributed by atoms with Crippen molar-refractivity contribution in [1.82, 2.24) is 0 Å². The Morgan fingerprint density at radius 2 is 1.50 bits per heavy atom. The van der Waals surface area contributed by atoms with Crippen LogP contribution in [0.3, 0.4) is 0 Å². The third-order valence-corrected chi connectivity index (χ3v) is 5.95. The van der Waals surface area contributed by atoms with Crippen LogP contribution in [0.25, 0.3) is 0 Å². The minimum absolute atomic E-state index is 0.314. The van der Waals surface area contributed by atoms with Gasteiger partial charge in [0.1, 0.15) is 0 Å². The van der Waals surface area contributed by atoms with Crippen LogP contribution in [-0.4, -0.2) is 11.1 Å². The van der Waals surface area contributed by atoms with Gasteiger partial charge in [-0.1, -0.05) is 5.57 Å². The van der Waals surface area contributed by atoms with Crippen LogP contribution in [0.15, 0.2) is 11.6 Å². The summed E-state index contributed by atoms with van der Waals surface area (Å²) < 4.78 is 0. The summed E-state index contributed by atoms with van der Waals surface area (Å²) in [5.74, 6) is 2.64. The summed E-state index contributed by atoms with van der Waals surface area (Å²) in [6, 6.07) is 0. The van der Waals surface area contributed by atoms with Crippen molar-refractivity contribution < 1.29 is 9.90 Å². The molecule has 0 radical (unpaired) electrons. The highest BCUT2D eigenvalue weighted by molar-refractivity contribution is 5.81. The van der Waals surface area contributed by atoms with Crippen molar-refractivity contribution in [3.05, 3.63) is 11.6 Å². The van der Waals surface area contributed by atoms with Crippen LogP contribution in [0.2, 0.25) is 0 Å². The van der Waals surface area contributed by atoms with Gasteiger partial charge in [0.25, 0.3) is 0 Å². The van der Waals surface area contributed by atoms with Crippen molar-refractivity contribution in [2.45, 2.75) is 51.4 Å². The molecule has 0 aliphatic heterocycles. The summed E-state index contributed by atoms with van der Waals surface area (Å²) in [5, 5.41) is 9.19. The zero-order chi connectivity index (χ0) is 12.3. The Balaban J connectivity index is 1.71. The number of aliphatic carboxylic acids is 1. The van der Waals surface area contributed by atoms with Gasteiger partial charge in [0.05, 0.1) is 0 Å². The van der Waals surface area contributed by atoms with E-state index in [9.17, 15) is 9.90 Å². The lowest BCUT2D eigenvalue weighted by Crippen LogP contribution is -2.47. The SMILES string of the molecule is O=C(O)/C=C(\C1CC1)C12CC3CC(CC(C3)C1)C2. The summed E-state index contributed by atoms with van der Waals surface area (Å²) in [6.45, 7) is 0. The predicted octanol–water partition coefficient (Wildman–Crippen LogP) is 3.62. The first-order chi connectivity index (χ1) is 8.64. The van der Waals surface area contributed by atoms with Gasteiger partial charge in [-0.25, -0.2) is 4.79 Å². The molecule has 0 saturated heterocycles. The number of hydrogen-bond donors (Lipinski definition) is 1. The van der Waals surface area contributed by atoms with E-state index in [4.69, 9.17) is 0 Å². The first kappa shape index (κ1) is 11.1. The number of rotatable bonds is 3. The number of carbonyl (C=O) groups is 1. The maximum Gasteiger partial charge on any atom is 0.328 e. The van der Waals surface area contributed by atoms with Crippen molar-refractivity contribution in [3.63, 3.8) is 0 Å². The molecule has 5 aliphatic rings. The molecule has 0 unspecified atom stereocenters. The maximum atomic E-state index is 11.2. The van der Waals surface area contributed by atoms with Gasteiger partial charge in [-0.15, -0.1) is 0 Å². The lowest BCUT2D eigenvalue weighted by Gasteiger charge is -2.58. The van der Waals surface area contributed by atoms with Crippen LogP contribution in [0.5, 0.6) is 0 Å². The van der Waals surface area contributed by atoms with Crippen molar-refractivity contribution >= 4 is 5.97 Å². The van der Waals surface area contributed by atoms with E-state index >= 15 is 0 Å². The smallest absolute Gasteiger partial charge is 0.328 e. The first-order valence-corrected chi connectivity index (χ1v) is 7.60. The number of allylic oxidation sites excluding steroid dienone is 1. The van der Waals surface area contributed by atoms with Gasteiger partial charge < -0.3 is 5.11 Å². The third kappa shape index (κ3) is 1.64. The lowest BCUT2D eigenvalue weighted by molar-refractivity contribution is -0.131. The summed E-state index contributed by atoms with van der Waals surface area (Å²) in [7, 11) is 0. The van der Waals surface area contributed by atoms with Crippen molar-refractivity contribution in [3.8, 4) is 0 Å². The Kier molecular flexibility index (Phi) is 2.22. The highest BCUT2D eigenvalue weighted by Crippen LogP contribution is 2.65. The molecule has 0 aromatic carbocycles. The summed E-state index contributed by atoms with van der Waals surface area (Å²) in [5.41, 5.74) is 1.66. The molecule has 0 amide bonds. The van der Waals surface area contributed by atoms with Gasteiger partial charge in [-0.05, 0) is 80.5 Å². The highest BCUT2D eigenvalue weighted by atomic mass is 16.4. The van der Waals surface area contributed by atoms with Gasteiger partial charge >= 0.3 is 5.97 Å². The molecule has 5 rings (SSSR count). The van der Waals surface area contributed by atoms with E-state index in [2.05, 4.69) is 0 Å². The molecule has 5 fully saturated rings. The van der Waals surface area contributed by atoms with Crippen molar-refractivity contribution in [1.29, 1.82) is 0 Å². The van der Waals surface area contributed by atoms with Crippen LogP contribution >= 0.6 is 0 Å². The molecule has 0 spiro atoms. The molecule has 1 N–H and O–H groups in total. The zero-order valence-electron chi connectivity index (χ0n) is 10.9. The predicted molar refractivity (Wildman–Crippen MR) is 69.0 cm³/mol. The second-order valence-electron chi connectivity index (χ2n) is 7.41. The van der Waals surface area contributed by atoms with Crippen molar-refractivity contribution in [2.75, 3.05) is 0 Å². The minimum Gasteiger partial charge on any atom is -0.478 e. The molecule has 2 heteroatoms. The Morgan fingerprint density at radius 1 is 1.00 bits per heavy atom. The van der Waals surface area contributed by atoms with Gasteiger partial charge in [0, 0.05) is 6.08 Å². The molecule has 98 valence electrons. The van der Waals surface area contributed by atoms with Crippen LogP contribution in [0, 0.1) is 29.1 Å². The number of carboxylic acid groups (broad SMARTS) is 1. The third-order valence-electron chi connectivity index (χ3n) is 5.95. The average molecular weight is 246 g/mol. The van der Waals surface area contributed by atoms with Gasteiger partial charge in [0.2, 0.25) is 0 Å². The minimum atomic E-state index is -0.715. The van der Waals surface area contributed by atoms with Gasteiger partial charge in [-0.3, -0.25) is 0 Å².